The van der Waals surface area contributed by atoms with Crippen molar-refractivity contribution in [3.05, 3.63) is 24.0 Å². The fraction of sp³-hybridized carbons (Fsp3) is 0.667. The Balaban J connectivity index is 6.75. The van der Waals surface area contributed by atoms with E-state index in [1.807, 2.05) is 4.74 Å². The predicted octanol–water partition coefficient (Wildman–Crippen LogP) is 7.79. The van der Waals surface area contributed by atoms with Crippen LogP contribution in [0.2, 0.25) is 0 Å². The summed E-state index contributed by atoms with van der Waals surface area (Å²) in [4.78, 5) is 10.8. The minimum absolute atomic E-state index is 0.476. The van der Waals surface area contributed by atoms with Crippen LogP contribution in [0, 0.1) is 0 Å². The molecule has 0 spiro atoms. The number of allylic oxidation sites excluding steroid dienone is 1. The monoisotopic (exact) mass is 632 g/mol. The van der Waals surface area contributed by atoms with Crippen LogP contribution >= 0.6 is 0 Å². The summed E-state index contributed by atoms with van der Waals surface area (Å²) in [6, 6.07) is -4.85. The van der Waals surface area contributed by atoms with Gasteiger partial charge in [-0.1, -0.05) is 6.58 Å². The van der Waals surface area contributed by atoms with Crippen LogP contribution in [0.5, 0.6) is 0 Å². The first-order chi connectivity index (χ1) is 16.6. The summed E-state index contributed by atoms with van der Waals surface area (Å²) in [6.45, 7) is 3.02. The first-order valence-electron chi connectivity index (χ1n) is 8.34. The Kier molecular flexibility index (Phi) is 9.05. The largest absolute Gasteiger partial charge is 0.509 e. The van der Waals surface area contributed by atoms with Gasteiger partial charge in [-0.25, -0.2) is 4.79 Å². The van der Waals surface area contributed by atoms with E-state index < -0.39 is 77.3 Å². The third-order valence-electron chi connectivity index (χ3n) is 3.90. The molecule has 0 saturated heterocycles. The number of halogens is 21. The van der Waals surface area contributed by atoms with Crippen LogP contribution in [0.1, 0.15) is 6.92 Å². The van der Waals surface area contributed by atoms with Gasteiger partial charge in [0.25, 0.3) is 0 Å². The highest BCUT2D eigenvalue weighted by Gasteiger charge is 2.94. The molecule has 24 heteroatoms. The van der Waals surface area contributed by atoms with Crippen molar-refractivity contribution in [3.8, 4) is 0 Å². The Morgan fingerprint density at radius 2 is 0.846 bits per heavy atom. The van der Waals surface area contributed by atoms with Gasteiger partial charge in [-0.3, -0.25) is 0 Å². The van der Waals surface area contributed by atoms with Crippen molar-refractivity contribution in [2.45, 2.75) is 60.9 Å². The second-order valence-corrected chi connectivity index (χ2v) is 6.84. The lowest BCUT2D eigenvalue weighted by Gasteiger charge is -2.41. The molecule has 0 atom stereocenters. The normalized spacial score (nSPS) is 16.1. The second kappa shape index (κ2) is 9.73. The Bertz CT molecular complexity index is 989. The van der Waals surface area contributed by atoms with Gasteiger partial charge < -0.3 is 9.47 Å². The van der Waals surface area contributed by atoms with E-state index >= 15 is 0 Å². The maximum Gasteiger partial charge on any atom is 0.509 e. The zero-order valence-electron chi connectivity index (χ0n) is 17.4. The lowest BCUT2D eigenvalue weighted by atomic mass is 9.91. The summed E-state index contributed by atoms with van der Waals surface area (Å²) in [7, 11) is 0. The third-order valence-corrected chi connectivity index (χ3v) is 3.90. The number of esters is 1. The number of hydrogen-bond donors (Lipinski definition) is 0. The van der Waals surface area contributed by atoms with Gasteiger partial charge >= 0.3 is 65.9 Å². The number of hydrogen-bond acceptors (Lipinski definition) is 3. The molecule has 0 aliphatic heterocycles. The molecule has 230 valence electrons. The molecule has 0 heterocycles. The Morgan fingerprint density at radius 1 is 0.538 bits per heavy atom. The molecule has 3 nitrogen and oxygen atoms in total. The van der Waals surface area contributed by atoms with E-state index in [4.69, 9.17) is 0 Å². The fourth-order valence-corrected chi connectivity index (χ4v) is 1.71. The van der Waals surface area contributed by atoms with Gasteiger partial charge in [0, 0.05) is 5.57 Å². The first kappa shape index (κ1) is 36.3. The Morgan fingerprint density at radius 3 is 1.18 bits per heavy atom. The number of carbonyl (C=O) groups is 1. The molecule has 0 unspecified atom stereocenters. The van der Waals surface area contributed by atoms with E-state index in [1.165, 1.54) is 0 Å². The van der Waals surface area contributed by atoms with Gasteiger partial charge in [0.15, 0.2) is 0 Å². The van der Waals surface area contributed by atoms with Crippen molar-refractivity contribution < 1.29 is 106 Å². The highest BCUT2D eigenvalue weighted by Crippen LogP contribution is 2.63. The van der Waals surface area contributed by atoms with Crippen molar-refractivity contribution in [3.63, 3.8) is 0 Å². The number of alkyl halides is 19. The maximum absolute atomic E-state index is 13.5. The molecule has 0 aliphatic carbocycles. The van der Waals surface area contributed by atoms with Crippen LogP contribution in [0.3, 0.4) is 0 Å². The Hall–Kier alpha value is -2.72. The molecule has 0 fully saturated rings. The molecule has 0 aromatic heterocycles. The second-order valence-electron chi connectivity index (χ2n) is 6.84. The number of rotatable bonds is 11. The minimum Gasteiger partial charge on any atom is -0.396 e. The average molecular weight is 632 g/mol. The molecule has 0 aromatic carbocycles. The summed E-state index contributed by atoms with van der Waals surface area (Å²) in [5.74, 6) is -59.9. The zero-order chi connectivity index (χ0) is 32.2. The van der Waals surface area contributed by atoms with Crippen molar-refractivity contribution >= 4 is 5.97 Å². The van der Waals surface area contributed by atoms with Gasteiger partial charge in [0.2, 0.25) is 5.83 Å². The van der Waals surface area contributed by atoms with Crippen molar-refractivity contribution in [1.29, 1.82) is 0 Å². The molecule has 0 amide bonds. The van der Waals surface area contributed by atoms with Crippen LogP contribution in [-0.2, 0) is 14.3 Å². The zero-order valence-corrected chi connectivity index (χ0v) is 17.4. The highest BCUT2D eigenvalue weighted by atomic mass is 19.4. The molecule has 39 heavy (non-hydrogen) atoms. The van der Waals surface area contributed by atoms with Crippen LogP contribution in [0.15, 0.2) is 24.0 Å². The standard InChI is InChI=1S/C15H5F21O3/c1-3(2)6(37)39-15(35,36)14(33,34)38-5(17)4(16)7(18,19)8(20,21)9(22,23)10(24,25)11(26,27)12(28,29)13(30,31)32/h1H2,2H3. The molecular weight excluding hydrogens is 627 g/mol. The summed E-state index contributed by atoms with van der Waals surface area (Å²) in [6.07, 6.45) is -21.5. The van der Waals surface area contributed by atoms with E-state index in [9.17, 15) is 97.0 Å². The van der Waals surface area contributed by atoms with E-state index in [2.05, 4.69) is 11.3 Å². The number of carbonyl (C=O) groups excluding carboxylic acids is 1. The van der Waals surface area contributed by atoms with Gasteiger partial charge in [0.1, 0.15) is 0 Å². The Labute approximate surface area is 198 Å². The summed E-state index contributed by atoms with van der Waals surface area (Å²) < 4.78 is 279. The average Bonchev–Trinajstić information content (AvgIpc) is 2.70. The van der Waals surface area contributed by atoms with Crippen LogP contribution in [-0.4, -0.2) is 59.9 Å². The van der Waals surface area contributed by atoms with E-state index in [1.54, 1.807) is 0 Å². The molecular formula is C15H5F21O3. The molecule has 0 saturated carbocycles. The third kappa shape index (κ3) is 5.50. The highest BCUT2D eigenvalue weighted by molar-refractivity contribution is 5.87. The quantitative estimate of drug-likeness (QED) is 0.101. The number of ether oxygens (including phenoxy) is 2. The lowest BCUT2D eigenvalue weighted by Crippen LogP contribution is -2.72. The van der Waals surface area contributed by atoms with Crippen LogP contribution in [0.4, 0.5) is 92.2 Å². The molecule has 0 aromatic rings. The van der Waals surface area contributed by atoms with Crippen LogP contribution < -0.4 is 0 Å². The minimum atomic E-state index is -8.96. The van der Waals surface area contributed by atoms with Crippen molar-refractivity contribution in [2.24, 2.45) is 0 Å². The van der Waals surface area contributed by atoms with Crippen molar-refractivity contribution in [2.75, 3.05) is 0 Å². The maximum atomic E-state index is 13.5. The van der Waals surface area contributed by atoms with Crippen molar-refractivity contribution in [1.82, 2.24) is 0 Å². The predicted molar refractivity (Wildman–Crippen MR) is 76.9 cm³/mol. The van der Waals surface area contributed by atoms with Gasteiger partial charge in [-0.15, -0.1) is 0 Å². The SMILES string of the molecule is C=C(C)C(=O)OC(F)(F)C(F)(F)OC(F)=C(F)C(F)(F)C(F)(F)C(F)(F)C(F)(F)C(F)(F)C(F)(F)C(F)(F)F. The van der Waals surface area contributed by atoms with Gasteiger partial charge in [-0.2, -0.15) is 92.2 Å². The first-order valence-corrected chi connectivity index (χ1v) is 8.34. The van der Waals surface area contributed by atoms with E-state index in [-0.39, 0.29) is 0 Å². The smallest absolute Gasteiger partial charge is 0.396 e. The van der Waals surface area contributed by atoms with Crippen LogP contribution in [0.25, 0.3) is 0 Å². The van der Waals surface area contributed by atoms with Gasteiger partial charge in [-0.05, 0) is 6.92 Å². The summed E-state index contributed by atoms with van der Waals surface area (Å²) in [5, 5.41) is 0. The lowest BCUT2D eigenvalue weighted by molar-refractivity contribution is -0.451. The molecule has 0 radical (unpaired) electrons. The molecule has 0 rings (SSSR count). The summed E-state index contributed by atoms with van der Waals surface area (Å²) >= 11 is 0. The summed E-state index contributed by atoms with van der Waals surface area (Å²) in [5.41, 5.74) is -1.16. The van der Waals surface area contributed by atoms with E-state index in [0.29, 0.717) is 6.92 Å². The molecule has 0 aliphatic rings. The van der Waals surface area contributed by atoms with E-state index in [0.717, 1.165) is 0 Å². The fourth-order valence-electron chi connectivity index (χ4n) is 1.71. The molecule has 0 N–H and O–H groups in total. The molecule has 0 bridgehead atoms. The topological polar surface area (TPSA) is 35.5 Å². The van der Waals surface area contributed by atoms with Gasteiger partial charge in [0.05, 0.1) is 0 Å².